The first kappa shape index (κ1) is 17.8. The van der Waals surface area contributed by atoms with E-state index in [2.05, 4.69) is 9.88 Å². The highest BCUT2D eigenvalue weighted by Crippen LogP contribution is 2.33. The first-order valence-electron chi connectivity index (χ1n) is 8.70. The second-order valence-electron chi connectivity index (χ2n) is 6.79. The molecule has 2 aromatic rings. The lowest BCUT2D eigenvalue weighted by atomic mass is 10.0. The average Bonchev–Trinajstić information content (AvgIpc) is 2.99. The lowest BCUT2D eigenvalue weighted by Gasteiger charge is -2.30. The average molecular weight is 383 g/mol. The normalized spacial score (nSPS) is 19.0. The van der Waals surface area contributed by atoms with Gasteiger partial charge in [-0.25, -0.2) is 9.18 Å². The van der Waals surface area contributed by atoms with Crippen molar-refractivity contribution in [1.29, 1.82) is 0 Å². The van der Waals surface area contributed by atoms with Crippen molar-refractivity contribution < 1.29 is 22.3 Å². The molecule has 9 heteroatoms. The molecule has 0 radical (unpaired) electrons. The number of fused-ring (bicyclic) bond motifs is 3. The number of ether oxygens (including phenoxy) is 1. The van der Waals surface area contributed by atoms with Crippen molar-refractivity contribution in [2.45, 2.75) is 44.6 Å². The number of hydrogen-bond acceptors (Lipinski definition) is 4. The molecule has 2 aliphatic rings. The van der Waals surface area contributed by atoms with Crippen molar-refractivity contribution >= 4 is 5.82 Å². The Balaban J connectivity index is 1.55. The monoisotopic (exact) mass is 383 g/mol. The van der Waals surface area contributed by atoms with E-state index in [1.165, 1.54) is 6.07 Å². The Morgan fingerprint density at radius 1 is 1.22 bits per heavy atom. The molecule has 0 saturated carbocycles. The first-order valence-corrected chi connectivity index (χ1v) is 8.70. The van der Waals surface area contributed by atoms with Crippen LogP contribution in [0.4, 0.5) is 23.4 Å². The van der Waals surface area contributed by atoms with Gasteiger partial charge in [0.15, 0.2) is 0 Å². The molecule has 0 bridgehead atoms. The Hall–Kier alpha value is -2.58. The molecule has 0 aliphatic carbocycles. The van der Waals surface area contributed by atoms with Gasteiger partial charge in [0.2, 0.25) is 5.88 Å². The molecule has 1 aromatic carbocycles. The van der Waals surface area contributed by atoms with Crippen molar-refractivity contribution in [1.82, 2.24) is 9.55 Å². The molecule has 27 heavy (non-hydrogen) atoms. The van der Waals surface area contributed by atoms with Crippen LogP contribution in [-0.4, -0.2) is 22.1 Å². The fourth-order valence-electron chi connectivity index (χ4n) is 3.70. The molecule has 3 heterocycles. The van der Waals surface area contributed by atoms with Gasteiger partial charge >= 0.3 is 11.9 Å². The van der Waals surface area contributed by atoms with Gasteiger partial charge in [0, 0.05) is 25.2 Å². The molecule has 1 atom stereocenters. The van der Waals surface area contributed by atoms with Crippen LogP contribution in [0, 0.1) is 5.82 Å². The maximum Gasteiger partial charge on any atom is 0.419 e. The van der Waals surface area contributed by atoms with Gasteiger partial charge < -0.3 is 9.64 Å². The Bertz CT molecular complexity index is 926. The van der Waals surface area contributed by atoms with Gasteiger partial charge in [-0.2, -0.15) is 18.2 Å². The molecule has 0 spiro atoms. The Labute approximate surface area is 152 Å². The van der Waals surface area contributed by atoms with Crippen LogP contribution in [-0.2, 0) is 19.3 Å². The van der Waals surface area contributed by atoms with Crippen LogP contribution in [0.2, 0.25) is 0 Å². The summed E-state index contributed by atoms with van der Waals surface area (Å²) in [6, 6.07) is 4.59. The quantitative estimate of drug-likeness (QED) is 0.763. The molecule has 0 N–H and O–H groups in total. The zero-order chi connectivity index (χ0) is 19.2. The summed E-state index contributed by atoms with van der Waals surface area (Å²) in [6.07, 6.45) is -1.62. The number of aromatic nitrogens is 2. The molecular formula is C18H17F4N3O2. The Kier molecular flexibility index (Phi) is 4.32. The second-order valence-corrected chi connectivity index (χ2v) is 6.79. The SMILES string of the molecule is O=c1nc(OCc2ccc(F)c(C(F)(F)F)c2)cc2n1CC1CCCCN21. The van der Waals surface area contributed by atoms with E-state index in [-0.39, 0.29) is 24.1 Å². The number of alkyl halides is 3. The number of nitrogens with zero attached hydrogens (tertiary/aromatic N) is 3. The minimum Gasteiger partial charge on any atom is -0.473 e. The first-order chi connectivity index (χ1) is 12.8. The minimum atomic E-state index is -4.78. The smallest absolute Gasteiger partial charge is 0.419 e. The molecular weight excluding hydrogens is 366 g/mol. The molecule has 2 aliphatic heterocycles. The van der Waals surface area contributed by atoms with Crippen molar-refractivity contribution in [3.63, 3.8) is 0 Å². The van der Waals surface area contributed by atoms with Gasteiger partial charge in [-0.1, -0.05) is 6.07 Å². The van der Waals surface area contributed by atoms with Crippen LogP contribution < -0.4 is 15.3 Å². The summed E-state index contributed by atoms with van der Waals surface area (Å²) in [6.45, 7) is 1.19. The molecule has 4 rings (SSSR count). The lowest BCUT2D eigenvalue weighted by molar-refractivity contribution is -0.140. The number of benzene rings is 1. The maximum absolute atomic E-state index is 13.4. The van der Waals surface area contributed by atoms with E-state index >= 15 is 0 Å². The van der Waals surface area contributed by atoms with Gasteiger partial charge in [0.1, 0.15) is 18.2 Å². The van der Waals surface area contributed by atoms with Crippen molar-refractivity contribution in [3.05, 3.63) is 51.7 Å². The lowest BCUT2D eigenvalue weighted by Crippen LogP contribution is -2.36. The zero-order valence-electron chi connectivity index (χ0n) is 14.3. The number of rotatable bonds is 3. The summed E-state index contributed by atoms with van der Waals surface area (Å²) in [5.74, 6) is -0.559. The molecule has 1 unspecified atom stereocenters. The Morgan fingerprint density at radius 2 is 2.04 bits per heavy atom. The highest BCUT2D eigenvalue weighted by atomic mass is 19.4. The van der Waals surface area contributed by atoms with Gasteiger partial charge in [-0.15, -0.1) is 0 Å². The standard InChI is InChI=1S/C18H17F4N3O2/c19-14-5-4-11(7-13(14)18(20,21)22)10-27-15-8-16-24-6-2-1-3-12(24)9-25(16)17(26)23-15/h4-5,7-8,12H,1-3,6,9-10H2. The fraction of sp³-hybridized carbons (Fsp3) is 0.444. The highest BCUT2D eigenvalue weighted by molar-refractivity contribution is 5.47. The predicted octanol–water partition coefficient (Wildman–Crippen LogP) is 3.35. The Morgan fingerprint density at radius 3 is 2.81 bits per heavy atom. The summed E-state index contributed by atoms with van der Waals surface area (Å²) < 4.78 is 58.8. The molecule has 1 fully saturated rings. The van der Waals surface area contributed by atoms with Crippen LogP contribution in [0.3, 0.4) is 0 Å². The van der Waals surface area contributed by atoms with E-state index < -0.39 is 23.2 Å². The van der Waals surface area contributed by atoms with Crippen LogP contribution in [0.5, 0.6) is 5.88 Å². The number of anilines is 1. The van der Waals surface area contributed by atoms with Gasteiger partial charge in [-0.05, 0) is 37.0 Å². The molecule has 1 aromatic heterocycles. The van der Waals surface area contributed by atoms with Gasteiger partial charge in [0.05, 0.1) is 5.56 Å². The fourth-order valence-corrected chi connectivity index (χ4v) is 3.70. The predicted molar refractivity (Wildman–Crippen MR) is 89.2 cm³/mol. The molecule has 144 valence electrons. The summed E-state index contributed by atoms with van der Waals surface area (Å²) in [5, 5.41) is 0. The van der Waals surface area contributed by atoms with E-state index in [9.17, 15) is 22.4 Å². The van der Waals surface area contributed by atoms with Crippen LogP contribution >= 0.6 is 0 Å². The van der Waals surface area contributed by atoms with Crippen molar-refractivity contribution in [3.8, 4) is 5.88 Å². The van der Waals surface area contributed by atoms with Gasteiger partial charge in [-0.3, -0.25) is 4.57 Å². The third-order valence-electron chi connectivity index (χ3n) is 5.00. The number of halogens is 4. The summed E-state index contributed by atoms with van der Waals surface area (Å²) in [5.41, 5.74) is -1.64. The van der Waals surface area contributed by atoms with Crippen LogP contribution in [0.25, 0.3) is 0 Å². The minimum absolute atomic E-state index is 0.0513. The topological polar surface area (TPSA) is 47.4 Å². The molecule has 1 saturated heterocycles. The van der Waals surface area contributed by atoms with E-state index in [1.54, 1.807) is 10.6 Å². The third-order valence-corrected chi connectivity index (χ3v) is 5.00. The van der Waals surface area contributed by atoms with E-state index in [4.69, 9.17) is 4.74 Å². The zero-order valence-corrected chi connectivity index (χ0v) is 14.3. The van der Waals surface area contributed by atoms with E-state index in [0.29, 0.717) is 12.6 Å². The summed E-state index contributed by atoms with van der Waals surface area (Å²) >= 11 is 0. The largest absolute Gasteiger partial charge is 0.473 e. The third kappa shape index (κ3) is 3.38. The second kappa shape index (κ2) is 6.54. The van der Waals surface area contributed by atoms with E-state index in [0.717, 1.165) is 37.7 Å². The van der Waals surface area contributed by atoms with Crippen molar-refractivity contribution in [2.24, 2.45) is 0 Å². The van der Waals surface area contributed by atoms with E-state index in [1.807, 2.05) is 0 Å². The van der Waals surface area contributed by atoms with Crippen molar-refractivity contribution in [2.75, 3.05) is 11.4 Å². The number of hydrogen-bond donors (Lipinski definition) is 0. The number of piperidine rings is 1. The summed E-state index contributed by atoms with van der Waals surface area (Å²) in [7, 11) is 0. The van der Waals surface area contributed by atoms with Crippen LogP contribution in [0.15, 0.2) is 29.1 Å². The highest BCUT2D eigenvalue weighted by Gasteiger charge is 2.34. The van der Waals surface area contributed by atoms with Gasteiger partial charge in [0.25, 0.3) is 0 Å². The maximum atomic E-state index is 13.4. The van der Waals surface area contributed by atoms with Crippen LogP contribution in [0.1, 0.15) is 30.4 Å². The molecule has 5 nitrogen and oxygen atoms in total. The molecule has 0 amide bonds. The summed E-state index contributed by atoms with van der Waals surface area (Å²) in [4.78, 5) is 18.3.